The van der Waals surface area contributed by atoms with Gasteiger partial charge in [0.15, 0.2) is 5.82 Å². The number of nitrogens with one attached hydrogen (secondary N) is 1. The first-order valence-corrected chi connectivity index (χ1v) is 13.1. The zero-order valence-corrected chi connectivity index (χ0v) is 21.2. The molecule has 0 atom stereocenters. The van der Waals surface area contributed by atoms with Crippen molar-refractivity contribution in [1.82, 2.24) is 9.78 Å². The van der Waals surface area contributed by atoms with Crippen LogP contribution in [-0.2, 0) is 0 Å². The number of hydrogen-bond acceptors (Lipinski definition) is 5. The Kier molecular flexibility index (Phi) is 7.16. The van der Waals surface area contributed by atoms with Gasteiger partial charge < -0.3 is 15.3 Å². The van der Waals surface area contributed by atoms with Crippen LogP contribution in [0.25, 0.3) is 16.9 Å². The van der Waals surface area contributed by atoms with Crippen LogP contribution in [0.5, 0.6) is 0 Å². The molecule has 2 N–H and O–H groups in total. The molecule has 2 fully saturated rings. The van der Waals surface area contributed by atoms with Gasteiger partial charge in [-0.05, 0) is 68.9 Å². The molecule has 1 aliphatic heterocycles. The molecule has 0 amide bonds. The van der Waals surface area contributed by atoms with Crippen molar-refractivity contribution in [2.45, 2.75) is 57.5 Å². The SMILES string of the molecule is CC1(O)CCN(c2ccc(-n3nc(NCC4CCCCC4)cc3-c3ccc(C#N)c(F)c3)c(F)c2)CC1. The van der Waals surface area contributed by atoms with E-state index in [1.54, 1.807) is 12.1 Å². The Morgan fingerprint density at radius 3 is 2.49 bits per heavy atom. The molecule has 0 spiro atoms. The Bertz CT molecular complexity index is 1300. The van der Waals surface area contributed by atoms with Gasteiger partial charge in [-0.3, -0.25) is 0 Å². The average Bonchev–Trinajstić information content (AvgIpc) is 3.32. The van der Waals surface area contributed by atoms with Gasteiger partial charge in [-0.1, -0.05) is 25.3 Å². The summed E-state index contributed by atoms with van der Waals surface area (Å²) in [4.78, 5) is 2.07. The highest BCUT2D eigenvalue weighted by Gasteiger charge is 2.28. The maximum atomic E-state index is 15.5. The first kappa shape index (κ1) is 25.2. The molecule has 0 radical (unpaired) electrons. The highest BCUT2D eigenvalue weighted by molar-refractivity contribution is 5.67. The summed E-state index contributed by atoms with van der Waals surface area (Å²) in [7, 11) is 0. The van der Waals surface area contributed by atoms with E-state index in [4.69, 9.17) is 5.26 Å². The molecule has 8 heteroatoms. The molecule has 1 aliphatic carbocycles. The Hall–Kier alpha value is -3.44. The van der Waals surface area contributed by atoms with Crippen LogP contribution < -0.4 is 10.2 Å². The second kappa shape index (κ2) is 10.5. The van der Waals surface area contributed by atoms with Gasteiger partial charge in [0, 0.05) is 37.0 Å². The van der Waals surface area contributed by atoms with E-state index in [9.17, 15) is 9.50 Å². The molecule has 37 heavy (non-hydrogen) atoms. The average molecular weight is 506 g/mol. The van der Waals surface area contributed by atoms with Crippen molar-refractivity contribution in [2.24, 2.45) is 5.92 Å². The first-order valence-electron chi connectivity index (χ1n) is 13.1. The van der Waals surface area contributed by atoms with E-state index in [2.05, 4.69) is 15.3 Å². The summed E-state index contributed by atoms with van der Waals surface area (Å²) in [5.74, 6) is 0.122. The molecule has 1 saturated carbocycles. The lowest BCUT2D eigenvalue weighted by atomic mass is 9.89. The molecular weight excluding hydrogens is 472 g/mol. The predicted molar refractivity (Wildman–Crippen MR) is 141 cm³/mol. The standard InChI is InChI=1S/C29H33F2N5O/c1-29(37)11-13-35(14-12-29)23-9-10-26(25(31)16-23)36-27(21-7-8-22(18-32)24(30)15-21)17-28(34-36)33-19-20-5-3-2-4-6-20/h7-10,15-17,20,37H,2-6,11-14,19H2,1H3,(H,33,34). The first-order chi connectivity index (χ1) is 17.8. The van der Waals surface area contributed by atoms with Crippen LogP contribution >= 0.6 is 0 Å². The molecule has 1 saturated heterocycles. The van der Waals surface area contributed by atoms with Gasteiger partial charge in [-0.25, -0.2) is 13.5 Å². The van der Waals surface area contributed by atoms with Gasteiger partial charge in [0.25, 0.3) is 0 Å². The zero-order chi connectivity index (χ0) is 26.0. The summed E-state index contributed by atoms with van der Waals surface area (Å²) in [5, 5.41) is 27.4. The fraction of sp³-hybridized carbons (Fsp3) is 0.448. The lowest BCUT2D eigenvalue weighted by molar-refractivity contribution is 0.0351. The smallest absolute Gasteiger partial charge is 0.150 e. The second-order valence-electron chi connectivity index (χ2n) is 10.6. The minimum absolute atomic E-state index is 0.0403. The van der Waals surface area contributed by atoms with Gasteiger partial charge in [0.2, 0.25) is 0 Å². The normalized spacial score (nSPS) is 18.0. The number of halogens is 2. The fourth-order valence-corrected chi connectivity index (χ4v) is 5.37. The number of aromatic nitrogens is 2. The van der Waals surface area contributed by atoms with Gasteiger partial charge >= 0.3 is 0 Å². The monoisotopic (exact) mass is 505 g/mol. The summed E-state index contributed by atoms with van der Waals surface area (Å²) in [6.07, 6.45) is 7.38. The van der Waals surface area contributed by atoms with Crippen molar-refractivity contribution >= 4 is 11.5 Å². The summed E-state index contributed by atoms with van der Waals surface area (Å²) in [5.41, 5.74) is 1.34. The van der Waals surface area contributed by atoms with Gasteiger partial charge in [-0.15, -0.1) is 5.10 Å². The maximum Gasteiger partial charge on any atom is 0.150 e. The Morgan fingerprint density at radius 2 is 1.81 bits per heavy atom. The van der Waals surface area contributed by atoms with Gasteiger partial charge in [-0.2, -0.15) is 5.26 Å². The molecule has 2 heterocycles. The van der Waals surface area contributed by atoms with Crippen LogP contribution in [0.15, 0.2) is 42.5 Å². The van der Waals surface area contributed by atoms with Crippen molar-refractivity contribution in [1.29, 1.82) is 5.26 Å². The third-order valence-corrected chi connectivity index (χ3v) is 7.76. The van der Waals surface area contributed by atoms with Crippen LogP contribution in [0, 0.1) is 28.9 Å². The van der Waals surface area contributed by atoms with Crippen LogP contribution in [0.1, 0.15) is 57.4 Å². The third-order valence-electron chi connectivity index (χ3n) is 7.76. The predicted octanol–water partition coefficient (Wildman–Crippen LogP) is 6.03. The van der Waals surface area contributed by atoms with Crippen molar-refractivity contribution in [3.8, 4) is 23.0 Å². The second-order valence-corrected chi connectivity index (χ2v) is 10.6. The summed E-state index contributed by atoms with van der Waals surface area (Å²) in [6, 6.07) is 13.1. The van der Waals surface area contributed by atoms with E-state index in [1.807, 2.05) is 25.1 Å². The van der Waals surface area contributed by atoms with E-state index < -0.39 is 17.2 Å². The molecule has 0 bridgehead atoms. The molecule has 6 nitrogen and oxygen atoms in total. The van der Waals surface area contributed by atoms with E-state index in [1.165, 1.54) is 55.0 Å². The molecule has 1 aromatic heterocycles. The van der Waals surface area contributed by atoms with Crippen molar-refractivity contribution in [3.05, 3.63) is 59.7 Å². The Morgan fingerprint density at radius 1 is 1.05 bits per heavy atom. The molecule has 3 aromatic rings. The van der Waals surface area contributed by atoms with Crippen LogP contribution in [-0.4, -0.2) is 40.1 Å². The number of nitrogens with zero attached hydrogens (tertiary/aromatic N) is 4. The third kappa shape index (κ3) is 5.62. The Balaban J connectivity index is 1.46. The van der Waals surface area contributed by atoms with Crippen molar-refractivity contribution in [2.75, 3.05) is 29.9 Å². The largest absolute Gasteiger partial charge is 0.390 e. The molecule has 0 unspecified atom stereocenters. The molecule has 2 aromatic carbocycles. The molecule has 194 valence electrons. The highest BCUT2D eigenvalue weighted by atomic mass is 19.1. The maximum absolute atomic E-state index is 15.5. The lowest BCUT2D eigenvalue weighted by Crippen LogP contribution is -2.42. The minimum atomic E-state index is -0.684. The van der Waals surface area contributed by atoms with Gasteiger partial charge in [0.05, 0.1) is 16.9 Å². The van der Waals surface area contributed by atoms with E-state index in [-0.39, 0.29) is 11.3 Å². The molecular formula is C29H33F2N5O. The van der Waals surface area contributed by atoms with Crippen molar-refractivity contribution in [3.63, 3.8) is 0 Å². The van der Waals surface area contributed by atoms with Crippen LogP contribution in [0.3, 0.4) is 0 Å². The van der Waals surface area contributed by atoms with E-state index in [0.717, 1.165) is 12.2 Å². The number of nitriles is 1. The summed E-state index contributed by atoms with van der Waals surface area (Å²) >= 11 is 0. The number of anilines is 2. The summed E-state index contributed by atoms with van der Waals surface area (Å²) in [6.45, 7) is 3.93. The number of hydrogen-bond donors (Lipinski definition) is 2. The lowest BCUT2D eigenvalue weighted by Gasteiger charge is -2.37. The van der Waals surface area contributed by atoms with E-state index >= 15 is 4.39 Å². The van der Waals surface area contributed by atoms with Crippen LogP contribution in [0.4, 0.5) is 20.3 Å². The number of benzene rings is 2. The highest BCUT2D eigenvalue weighted by Crippen LogP contribution is 2.32. The minimum Gasteiger partial charge on any atom is -0.390 e. The number of rotatable bonds is 6. The number of aliphatic hydroxyl groups is 1. The van der Waals surface area contributed by atoms with Crippen molar-refractivity contribution < 1.29 is 13.9 Å². The van der Waals surface area contributed by atoms with Gasteiger partial charge in [0.1, 0.15) is 23.4 Å². The van der Waals surface area contributed by atoms with Crippen LogP contribution in [0.2, 0.25) is 0 Å². The molecule has 2 aliphatic rings. The topological polar surface area (TPSA) is 77.1 Å². The fourth-order valence-electron chi connectivity index (χ4n) is 5.37. The Labute approximate surface area is 216 Å². The quantitative estimate of drug-likeness (QED) is 0.428. The van der Waals surface area contributed by atoms with E-state index in [0.29, 0.717) is 48.9 Å². The zero-order valence-electron chi connectivity index (χ0n) is 21.2. The number of piperidine rings is 1. The summed E-state index contributed by atoms with van der Waals surface area (Å²) < 4.78 is 31.5. The molecule has 5 rings (SSSR count).